The van der Waals surface area contributed by atoms with Crippen LogP contribution < -0.4 is 16.0 Å². The smallest absolute Gasteiger partial charge is 0.407 e. The number of ether oxygens (including phenoxy) is 1. The Morgan fingerprint density at radius 3 is 2.49 bits per heavy atom. The quantitative estimate of drug-likeness (QED) is 0.386. The number of carbonyl (C=O) groups excluding carboxylic acids is 2. The van der Waals surface area contributed by atoms with Crippen LogP contribution in [-0.2, 0) is 26.2 Å². The summed E-state index contributed by atoms with van der Waals surface area (Å²) in [7, 11) is 0. The molecular weight excluding hydrogens is 579 g/mol. The van der Waals surface area contributed by atoms with Crippen molar-refractivity contribution in [1.29, 1.82) is 0 Å². The van der Waals surface area contributed by atoms with Gasteiger partial charge in [0, 0.05) is 69.6 Å². The Labute approximate surface area is 264 Å². The number of carbonyl (C=O) groups is 3. The monoisotopic (exact) mass is 624 g/mol. The van der Waals surface area contributed by atoms with E-state index in [1.165, 1.54) is 17.0 Å². The number of piperazine rings is 1. The third kappa shape index (κ3) is 7.14. The van der Waals surface area contributed by atoms with E-state index < -0.39 is 11.5 Å². The predicted molar refractivity (Wildman–Crippen MR) is 169 cm³/mol. The van der Waals surface area contributed by atoms with E-state index in [1.54, 1.807) is 17.0 Å². The lowest BCUT2D eigenvalue weighted by Gasteiger charge is -2.47. The fourth-order valence-electron chi connectivity index (χ4n) is 6.80. The normalized spacial score (nSPS) is 25.7. The molecule has 3 heterocycles. The molecule has 3 amide bonds. The zero-order valence-electron chi connectivity index (χ0n) is 26.4. The highest BCUT2D eigenvalue weighted by molar-refractivity contribution is 6.03. The van der Waals surface area contributed by atoms with Gasteiger partial charge in [0.05, 0.1) is 25.2 Å². The summed E-state index contributed by atoms with van der Waals surface area (Å²) in [4.78, 5) is 47.4. The number of morpholine rings is 1. The van der Waals surface area contributed by atoms with Crippen LogP contribution in [0.4, 0.5) is 14.9 Å². The van der Waals surface area contributed by atoms with Crippen LogP contribution in [0, 0.1) is 5.82 Å². The lowest BCUT2D eigenvalue weighted by Crippen LogP contribution is -2.64. The molecule has 2 fully saturated rings. The molecule has 4 atom stereocenters. The van der Waals surface area contributed by atoms with E-state index >= 15 is 0 Å². The van der Waals surface area contributed by atoms with Gasteiger partial charge in [-0.05, 0) is 62.1 Å². The number of nitrogens with zero attached hydrogens (tertiary/aromatic N) is 4. The number of carboxylic acid groups (broad SMARTS) is 1. The van der Waals surface area contributed by atoms with E-state index in [4.69, 9.17) is 10.5 Å². The molecule has 11 nitrogen and oxygen atoms in total. The standard InChI is InChI=1S/C33H45FN6O5/c1-22-16-38(27(18-39(22)32(43)44)17-37-12-13-45-20-23(37)2)19-30(41)40-21-33(3,31(42)36-11-10-35)28-9-6-25(15-29(28)40)14-24-4-7-26(34)8-5-24/h4-9,15,22-23,27H,10-14,16-21,35H2,1-3H3,(H,36,42)(H,43,44). The first kappa shape index (κ1) is 32.8. The molecule has 12 heteroatoms. The van der Waals surface area contributed by atoms with Gasteiger partial charge in [-0.25, -0.2) is 9.18 Å². The molecule has 0 bridgehead atoms. The highest BCUT2D eigenvalue weighted by Crippen LogP contribution is 2.42. The molecule has 0 saturated carbocycles. The van der Waals surface area contributed by atoms with Gasteiger partial charge in [-0.2, -0.15) is 0 Å². The van der Waals surface area contributed by atoms with Gasteiger partial charge >= 0.3 is 6.09 Å². The highest BCUT2D eigenvalue weighted by atomic mass is 19.1. The maximum Gasteiger partial charge on any atom is 0.407 e. The van der Waals surface area contributed by atoms with Crippen molar-refractivity contribution >= 4 is 23.6 Å². The zero-order chi connectivity index (χ0) is 32.3. The number of nitrogens with two attached hydrogens (primary N) is 1. The summed E-state index contributed by atoms with van der Waals surface area (Å²) in [6, 6.07) is 11.9. The molecule has 0 radical (unpaired) electrons. The maximum atomic E-state index is 14.3. The van der Waals surface area contributed by atoms with Gasteiger partial charge in [0.1, 0.15) is 5.82 Å². The van der Waals surface area contributed by atoms with Crippen LogP contribution in [0.25, 0.3) is 0 Å². The summed E-state index contributed by atoms with van der Waals surface area (Å²) in [5, 5.41) is 12.8. The highest BCUT2D eigenvalue weighted by Gasteiger charge is 2.47. The number of halogens is 1. The molecule has 0 aromatic heterocycles. The minimum atomic E-state index is -0.980. The Morgan fingerprint density at radius 1 is 1.07 bits per heavy atom. The molecule has 2 aromatic rings. The maximum absolute atomic E-state index is 14.3. The average Bonchev–Trinajstić information content (AvgIpc) is 3.32. The van der Waals surface area contributed by atoms with E-state index in [1.807, 2.05) is 32.0 Å². The second kappa shape index (κ2) is 13.8. The topological polar surface area (TPSA) is 132 Å². The molecule has 45 heavy (non-hydrogen) atoms. The van der Waals surface area contributed by atoms with Crippen LogP contribution in [0.15, 0.2) is 42.5 Å². The first-order valence-corrected chi connectivity index (χ1v) is 15.7. The van der Waals surface area contributed by atoms with E-state index in [9.17, 15) is 23.9 Å². The minimum absolute atomic E-state index is 0.0866. The van der Waals surface area contributed by atoms with Gasteiger partial charge in [0.2, 0.25) is 11.8 Å². The first-order valence-electron chi connectivity index (χ1n) is 15.7. The van der Waals surface area contributed by atoms with Crippen molar-refractivity contribution in [2.75, 3.05) is 70.5 Å². The summed E-state index contributed by atoms with van der Waals surface area (Å²) in [6.07, 6.45) is -0.421. The summed E-state index contributed by atoms with van der Waals surface area (Å²) >= 11 is 0. The number of benzene rings is 2. The van der Waals surface area contributed by atoms with Crippen molar-refractivity contribution in [3.8, 4) is 0 Å². The second-order valence-corrected chi connectivity index (χ2v) is 12.8. The Bertz CT molecular complexity index is 1390. The van der Waals surface area contributed by atoms with Crippen molar-refractivity contribution in [3.63, 3.8) is 0 Å². The number of hydrogen-bond donors (Lipinski definition) is 3. The van der Waals surface area contributed by atoms with Crippen molar-refractivity contribution < 1.29 is 28.6 Å². The van der Waals surface area contributed by atoms with Crippen molar-refractivity contribution in [3.05, 3.63) is 65.0 Å². The molecule has 4 unspecified atom stereocenters. The number of amides is 3. The van der Waals surface area contributed by atoms with Gasteiger partial charge in [-0.15, -0.1) is 0 Å². The van der Waals surface area contributed by atoms with Crippen molar-refractivity contribution in [2.24, 2.45) is 5.73 Å². The predicted octanol–water partition coefficient (Wildman–Crippen LogP) is 1.87. The molecule has 2 aromatic carbocycles. The minimum Gasteiger partial charge on any atom is -0.465 e. The number of nitrogens with one attached hydrogen (secondary N) is 1. The van der Waals surface area contributed by atoms with Crippen molar-refractivity contribution in [1.82, 2.24) is 20.0 Å². The molecule has 0 aliphatic carbocycles. The van der Waals surface area contributed by atoms with Crippen LogP contribution >= 0.6 is 0 Å². The molecule has 5 rings (SSSR count). The Morgan fingerprint density at radius 2 is 1.80 bits per heavy atom. The van der Waals surface area contributed by atoms with Crippen LogP contribution in [0.1, 0.15) is 37.5 Å². The van der Waals surface area contributed by atoms with Crippen LogP contribution in [0.2, 0.25) is 0 Å². The number of hydrogen-bond acceptors (Lipinski definition) is 7. The van der Waals surface area contributed by atoms with E-state index in [0.29, 0.717) is 58.0 Å². The second-order valence-electron chi connectivity index (χ2n) is 12.8. The van der Waals surface area contributed by atoms with Crippen LogP contribution in [0.3, 0.4) is 0 Å². The Hall–Kier alpha value is -3.58. The van der Waals surface area contributed by atoms with E-state index in [-0.39, 0.29) is 48.8 Å². The van der Waals surface area contributed by atoms with Gasteiger partial charge < -0.3 is 30.7 Å². The SMILES string of the molecule is CC1COCCN1CC1CN(C(=O)O)C(C)CN1CC(=O)N1CC(C)(C(=O)NCCN)c2ccc(Cc3ccc(F)cc3)cc21. The van der Waals surface area contributed by atoms with E-state index in [2.05, 4.69) is 22.0 Å². The average molecular weight is 625 g/mol. The van der Waals surface area contributed by atoms with Gasteiger partial charge in [0.25, 0.3) is 0 Å². The molecular formula is C33H45FN6O5. The third-order valence-corrected chi connectivity index (χ3v) is 9.46. The molecule has 4 N–H and O–H groups in total. The van der Waals surface area contributed by atoms with Gasteiger partial charge in [-0.3, -0.25) is 19.4 Å². The fourth-order valence-corrected chi connectivity index (χ4v) is 6.80. The first-order chi connectivity index (χ1) is 21.5. The molecule has 0 spiro atoms. The molecule has 3 aliphatic heterocycles. The molecule has 3 aliphatic rings. The Balaban J connectivity index is 1.42. The third-order valence-electron chi connectivity index (χ3n) is 9.46. The summed E-state index contributed by atoms with van der Waals surface area (Å²) in [5.74, 6) is -0.649. The lowest BCUT2D eigenvalue weighted by molar-refractivity contribution is -0.126. The summed E-state index contributed by atoms with van der Waals surface area (Å²) in [5.41, 5.74) is 8.00. The molecule has 2 saturated heterocycles. The van der Waals surface area contributed by atoms with Crippen LogP contribution in [-0.4, -0.2) is 121 Å². The lowest BCUT2D eigenvalue weighted by atomic mass is 9.83. The molecule has 244 valence electrons. The summed E-state index contributed by atoms with van der Waals surface area (Å²) < 4.78 is 19.1. The summed E-state index contributed by atoms with van der Waals surface area (Å²) in [6.45, 7) is 10.0. The van der Waals surface area contributed by atoms with Crippen LogP contribution in [0.5, 0.6) is 0 Å². The number of fused-ring (bicyclic) bond motifs is 1. The van der Waals surface area contributed by atoms with E-state index in [0.717, 1.165) is 23.2 Å². The zero-order valence-corrected chi connectivity index (χ0v) is 26.4. The van der Waals surface area contributed by atoms with Crippen molar-refractivity contribution in [2.45, 2.75) is 50.7 Å². The fraction of sp³-hybridized carbons (Fsp3) is 0.545. The van der Waals surface area contributed by atoms with Gasteiger partial charge in [0.15, 0.2) is 0 Å². The largest absolute Gasteiger partial charge is 0.465 e. The Kier molecular flexibility index (Phi) is 10.1. The number of rotatable bonds is 9. The van der Waals surface area contributed by atoms with Gasteiger partial charge in [-0.1, -0.05) is 24.3 Å². The number of anilines is 1.